The summed E-state index contributed by atoms with van der Waals surface area (Å²) in [6.07, 6.45) is 29.6. The summed E-state index contributed by atoms with van der Waals surface area (Å²) in [5.41, 5.74) is 0. The van der Waals surface area contributed by atoms with Gasteiger partial charge in [0, 0.05) is 25.0 Å². The van der Waals surface area contributed by atoms with E-state index in [9.17, 15) is 0 Å². The molecule has 0 aromatic heterocycles. The highest BCUT2D eigenvalue weighted by molar-refractivity contribution is 4.97. The molecule has 1 aliphatic rings. The summed E-state index contributed by atoms with van der Waals surface area (Å²) in [5.74, 6) is 0. The minimum atomic E-state index is 0.594. The molecule has 0 spiro atoms. The standard InChI is InChI=1S/C26H52N2/c1-5-7-8-9-10-11-12-13-14-15-16-17-18-19-20-21-22-27-23-24-28(25(3)4)26(27)6-2/h23-26H,5-22H2,1-4H3. The number of hydrogen-bond acceptors (Lipinski definition) is 2. The van der Waals surface area contributed by atoms with Crippen molar-refractivity contribution in [3.05, 3.63) is 12.4 Å². The minimum Gasteiger partial charge on any atom is -0.356 e. The zero-order chi connectivity index (χ0) is 20.5. The molecule has 1 rings (SSSR count). The largest absolute Gasteiger partial charge is 0.356 e. The van der Waals surface area contributed by atoms with Crippen LogP contribution in [0.15, 0.2) is 12.4 Å². The monoisotopic (exact) mass is 392 g/mol. The van der Waals surface area contributed by atoms with E-state index in [1.165, 1.54) is 116 Å². The first-order chi connectivity index (χ1) is 13.7. The summed E-state index contributed by atoms with van der Waals surface area (Å²) >= 11 is 0. The summed E-state index contributed by atoms with van der Waals surface area (Å²) < 4.78 is 0. The molecule has 0 aromatic rings. The normalized spacial score (nSPS) is 16.7. The van der Waals surface area contributed by atoms with Gasteiger partial charge in [-0.05, 0) is 26.7 Å². The molecular weight excluding hydrogens is 340 g/mol. The summed E-state index contributed by atoms with van der Waals surface area (Å²) in [6.45, 7) is 10.4. The van der Waals surface area contributed by atoms with E-state index in [1.54, 1.807) is 0 Å². The van der Waals surface area contributed by atoms with Gasteiger partial charge in [0.15, 0.2) is 0 Å². The van der Waals surface area contributed by atoms with Crippen LogP contribution in [0.5, 0.6) is 0 Å². The van der Waals surface area contributed by atoms with Crippen molar-refractivity contribution in [2.45, 2.75) is 149 Å². The topological polar surface area (TPSA) is 6.48 Å². The Balaban J connectivity index is 1.83. The molecular formula is C26H52N2. The van der Waals surface area contributed by atoms with Crippen LogP contribution < -0.4 is 0 Å². The molecule has 166 valence electrons. The Morgan fingerprint density at radius 2 is 1.04 bits per heavy atom. The van der Waals surface area contributed by atoms with Crippen LogP contribution in [0.2, 0.25) is 0 Å². The molecule has 1 unspecified atom stereocenters. The van der Waals surface area contributed by atoms with Crippen LogP contribution in [0.1, 0.15) is 137 Å². The van der Waals surface area contributed by atoms with Crippen molar-refractivity contribution >= 4 is 0 Å². The lowest BCUT2D eigenvalue weighted by Gasteiger charge is -2.34. The highest BCUT2D eigenvalue weighted by Crippen LogP contribution is 2.22. The first kappa shape index (κ1) is 25.4. The summed E-state index contributed by atoms with van der Waals surface area (Å²) in [5, 5.41) is 0. The summed E-state index contributed by atoms with van der Waals surface area (Å²) in [4.78, 5) is 5.07. The van der Waals surface area contributed by atoms with E-state index < -0.39 is 0 Å². The molecule has 1 aliphatic heterocycles. The molecule has 1 atom stereocenters. The van der Waals surface area contributed by atoms with Gasteiger partial charge in [-0.25, -0.2) is 0 Å². The van der Waals surface area contributed by atoms with Crippen molar-refractivity contribution in [2.75, 3.05) is 6.54 Å². The van der Waals surface area contributed by atoms with Gasteiger partial charge in [-0.3, -0.25) is 0 Å². The van der Waals surface area contributed by atoms with Crippen molar-refractivity contribution in [3.8, 4) is 0 Å². The fourth-order valence-corrected chi connectivity index (χ4v) is 4.56. The van der Waals surface area contributed by atoms with E-state index in [4.69, 9.17) is 0 Å². The van der Waals surface area contributed by atoms with Crippen molar-refractivity contribution in [3.63, 3.8) is 0 Å². The molecule has 0 aromatic carbocycles. The molecule has 2 nitrogen and oxygen atoms in total. The van der Waals surface area contributed by atoms with Crippen molar-refractivity contribution in [2.24, 2.45) is 0 Å². The Kier molecular flexibility index (Phi) is 15.6. The fourth-order valence-electron chi connectivity index (χ4n) is 4.56. The maximum Gasteiger partial charge on any atom is 0.101 e. The van der Waals surface area contributed by atoms with Crippen LogP contribution in [-0.2, 0) is 0 Å². The van der Waals surface area contributed by atoms with E-state index in [2.05, 4.69) is 49.9 Å². The molecule has 0 radical (unpaired) electrons. The molecule has 1 heterocycles. The van der Waals surface area contributed by atoms with Crippen molar-refractivity contribution < 1.29 is 0 Å². The SMILES string of the molecule is CCCCCCCCCCCCCCCCCCN1C=CN(C(C)C)C1CC. The second kappa shape index (κ2) is 17.2. The van der Waals surface area contributed by atoms with Gasteiger partial charge in [-0.1, -0.05) is 110 Å². The highest BCUT2D eigenvalue weighted by atomic mass is 15.4. The Labute approximate surface area is 178 Å². The van der Waals surface area contributed by atoms with E-state index in [1.807, 2.05) is 0 Å². The van der Waals surface area contributed by atoms with Gasteiger partial charge in [0.1, 0.15) is 6.17 Å². The lowest BCUT2D eigenvalue weighted by Crippen LogP contribution is -2.41. The van der Waals surface area contributed by atoms with Gasteiger partial charge in [0.2, 0.25) is 0 Å². The minimum absolute atomic E-state index is 0.594. The number of hydrogen-bond donors (Lipinski definition) is 0. The lowest BCUT2D eigenvalue weighted by atomic mass is 10.0. The Morgan fingerprint density at radius 3 is 1.43 bits per heavy atom. The Morgan fingerprint density at radius 1 is 0.607 bits per heavy atom. The molecule has 0 saturated carbocycles. The van der Waals surface area contributed by atoms with Gasteiger partial charge in [0.05, 0.1) is 0 Å². The van der Waals surface area contributed by atoms with Gasteiger partial charge < -0.3 is 9.80 Å². The molecule has 28 heavy (non-hydrogen) atoms. The molecule has 0 amide bonds. The van der Waals surface area contributed by atoms with Crippen LogP contribution in [0.4, 0.5) is 0 Å². The van der Waals surface area contributed by atoms with Crippen LogP contribution in [0.25, 0.3) is 0 Å². The zero-order valence-corrected chi connectivity index (χ0v) is 19.9. The maximum atomic E-state index is 2.56. The van der Waals surface area contributed by atoms with Crippen LogP contribution in [0, 0.1) is 0 Å². The average Bonchev–Trinajstić information content (AvgIpc) is 3.11. The Bertz CT molecular complexity index is 363. The van der Waals surface area contributed by atoms with E-state index >= 15 is 0 Å². The lowest BCUT2D eigenvalue weighted by molar-refractivity contribution is 0.121. The number of unbranched alkanes of at least 4 members (excludes halogenated alkanes) is 15. The molecule has 0 bridgehead atoms. The second-order valence-corrected chi connectivity index (χ2v) is 9.27. The number of nitrogens with zero attached hydrogens (tertiary/aromatic N) is 2. The Hall–Kier alpha value is -0.660. The first-order valence-corrected chi connectivity index (χ1v) is 12.9. The third-order valence-corrected chi connectivity index (χ3v) is 6.39. The van der Waals surface area contributed by atoms with Gasteiger partial charge >= 0.3 is 0 Å². The molecule has 0 aliphatic carbocycles. The van der Waals surface area contributed by atoms with Gasteiger partial charge in [-0.2, -0.15) is 0 Å². The summed E-state index contributed by atoms with van der Waals surface area (Å²) in [7, 11) is 0. The van der Waals surface area contributed by atoms with Crippen molar-refractivity contribution in [1.82, 2.24) is 9.80 Å². The first-order valence-electron chi connectivity index (χ1n) is 12.9. The maximum absolute atomic E-state index is 2.56. The van der Waals surface area contributed by atoms with Crippen molar-refractivity contribution in [1.29, 1.82) is 0 Å². The van der Waals surface area contributed by atoms with Gasteiger partial charge in [-0.15, -0.1) is 0 Å². The van der Waals surface area contributed by atoms with Crippen LogP contribution in [0.3, 0.4) is 0 Å². The predicted octanol–water partition coefficient (Wildman–Crippen LogP) is 8.48. The fraction of sp³-hybridized carbons (Fsp3) is 0.923. The van der Waals surface area contributed by atoms with E-state index in [0.29, 0.717) is 12.2 Å². The third-order valence-electron chi connectivity index (χ3n) is 6.39. The molecule has 0 saturated heterocycles. The van der Waals surface area contributed by atoms with E-state index in [-0.39, 0.29) is 0 Å². The van der Waals surface area contributed by atoms with E-state index in [0.717, 1.165) is 0 Å². The zero-order valence-electron chi connectivity index (χ0n) is 19.9. The second-order valence-electron chi connectivity index (χ2n) is 9.27. The summed E-state index contributed by atoms with van der Waals surface area (Å²) in [6, 6.07) is 0.608. The smallest absolute Gasteiger partial charge is 0.101 e. The molecule has 0 N–H and O–H groups in total. The molecule has 0 fully saturated rings. The molecule has 2 heteroatoms. The highest BCUT2D eigenvalue weighted by Gasteiger charge is 2.25. The van der Waals surface area contributed by atoms with Gasteiger partial charge in [0.25, 0.3) is 0 Å². The third kappa shape index (κ3) is 11.4. The number of rotatable bonds is 19. The quantitative estimate of drug-likeness (QED) is 0.203. The average molecular weight is 393 g/mol. The van der Waals surface area contributed by atoms with Crippen LogP contribution >= 0.6 is 0 Å². The predicted molar refractivity (Wildman–Crippen MR) is 126 cm³/mol. The van der Waals surface area contributed by atoms with Crippen LogP contribution in [-0.4, -0.2) is 28.6 Å².